The third-order valence-electron chi connectivity index (χ3n) is 20.5. The van der Waals surface area contributed by atoms with Crippen LogP contribution in [0.3, 0.4) is 0 Å². The van der Waals surface area contributed by atoms with Crippen molar-refractivity contribution in [1.82, 2.24) is 29.1 Å². The summed E-state index contributed by atoms with van der Waals surface area (Å²) in [7, 11) is 0. The van der Waals surface area contributed by atoms with Gasteiger partial charge in [0.05, 0.1) is 66.6 Å². The quantitative estimate of drug-likeness (QED) is 0.112. The van der Waals surface area contributed by atoms with Gasteiger partial charge in [0.25, 0.3) is 0 Å². The van der Waals surface area contributed by atoms with Gasteiger partial charge < -0.3 is 9.13 Å². The van der Waals surface area contributed by atoms with E-state index in [1.165, 1.54) is 110 Å². The molecule has 0 aliphatic heterocycles. The SMILES string of the molecule is c1ccc(-c2c3ccccc3nc3c2ccc2ccc(-c4ccc(-c5ccc6c(c5)c5ccccc5n6-c5ccccc5)cc4)nc23)cc1.c1ccc(-c2c3ccccc3nc3c2ccc2ccc(-c4ccc5cc(-c6ccc7c(c6)c6ccccc6n7-c6ccccc6)ccc5c4)nc23)cc1. The van der Waals surface area contributed by atoms with Crippen molar-refractivity contribution in [2.45, 2.75) is 0 Å². The van der Waals surface area contributed by atoms with Crippen LogP contribution in [-0.2, 0) is 0 Å². The number of nitrogens with zero attached hydrogens (tertiary/aromatic N) is 6. The molecule has 102 heavy (non-hydrogen) atoms. The molecule has 15 aromatic carbocycles. The van der Waals surface area contributed by atoms with Crippen molar-refractivity contribution in [3.05, 3.63) is 364 Å². The topological polar surface area (TPSA) is 61.4 Å². The van der Waals surface area contributed by atoms with Crippen LogP contribution in [0.5, 0.6) is 0 Å². The molecule has 0 unspecified atom stereocenters. The fraction of sp³-hybridized carbons (Fsp3) is 0. The Labute approximate surface area is 587 Å². The summed E-state index contributed by atoms with van der Waals surface area (Å²) in [6, 6.07) is 130. The lowest BCUT2D eigenvalue weighted by atomic mass is 9.95. The molecule has 0 aliphatic rings. The van der Waals surface area contributed by atoms with Gasteiger partial charge in [-0.05, 0) is 141 Å². The number of hydrogen-bond donors (Lipinski definition) is 0. The molecule has 21 aromatic rings. The zero-order valence-corrected chi connectivity index (χ0v) is 55.3. The number of rotatable bonds is 8. The second-order valence-corrected chi connectivity index (χ2v) is 26.4. The van der Waals surface area contributed by atoms with Crippen LogP contribution in [-0.4, -0.2) is 29.1 Å². The lowest BCUT2D eigenvalue weighted by Gasteiger charge is -2.13. The van der Waals surface area contributed by atoms with Crippen LogP contribution in [0.2, 0.25) is 0 Å². The molecule has 6 aromatic heterocycles. The van der Waals surface area contributed by atoms with Gasteiger partial charge in [0.2, 0.25) is 0 Å². The second-order valence-electron chi connectivity index (χ2n) is 26.4. The second kappa shape index (κ2) is 24.1. The number of fused-ring (bicyclic) bond motifs is 15. The van der Waals surface area contributed by atoms with E-state index in [0.717, 1.165) is 87.9 Å². The van der Waals surface area contributed by atoms with E-state index in [-0.39, 0.29) is 0 Å². The van der Waals surface area contributed by atoms with Crippen LogP contribution in [0, 0.1) is 0 Å². The fourth-order valence-electron chi connectivity index (χ4n) is 15.7. The first-order valence-electron chi connectivity index (χ1n) is 34.7. The van der Waals surface area contributed by atoms with Gasteiger partial charge in [-0.25, -0.2) is 19.9 Å². The van der Waals surface area contributed by atoms with Crippen LogP contribution in [0.25, 0.3) is 198 Å². The molecule has 6 nitrogen and oxygen atoms in total. The summed E-state index contributed by atoms with van der Waals surface area (Å²) >= 11 is 0. The molecule has 0 aliphatic carbocycles. The molecule has 0 saturated carbocycles. The Morgan fingerprint density at radius 3 is 1.02 bits per heavy atom. The van der Waals surface area contributed by atoms with E-state index in [1.54, 1.807) is 0 Å². The first-order valence-corrected chi connectivity index (χ1v) is 34.7. The zero-order chi connectivity index (χ0) is 67.2. The van der Waals surface area contributed by atoms with Crippen molar-refractivity contribution in [2.24, 2.45) is 0 Å². The third kappa shape index (κ3) is 9.87. The first-order chi connectivity index (χ1) is 50.6. The van der Waals surface area contributed by atoms with Gasteiger partial charge in [0.1, 0.15) is 0 Å². The Hall–Kier alpha value is -13.7. The van der Waals surface area contributed by atoms with Crippen molar-refractivity contribution in [2.75, 3.05) is 0 Å². The van der Waals surface area contributed by atoms with E-state index >= 15 is 0 Å². The van der Waals surface area contributed by atoms with Gasteiger partial charge in [0.15, 0.2) is 0 Å². The first kappa shape index (κ1) is 58.5. The summed E-state index contributed by atoms with van der Waals surface area (Å²) in [5, 5.41) is 14.1. The molecule has 0 bridgehead atoms. The maximum atomic E-state index is 5.30. The van der Waals surface area contributed by atoms with Crippen molar-refractivity contribution in [3.63, 3.8) is 0 Å². The average molecular weight is 1300 g/mol. The minimum atomic E-state index is 0.919. The van der Waals surface area contributed by atoms with E-state index in [0.29, 0.717) is 0 Å². The molecular weight excluding hydrogens is 1240 g/mol. The minimum absolute atomic E-state index is 0.919. The highest BCUT2D eigenvalue weighted by atomic mass is 15.0. The van der Waals surface area contributed by atoms with Gasteiger partial charge in [-0.1, -0.05) is 267 Å². The molecule has 474 valence electrons. The third-order valence-corrected chi connectivity index (χ3v) is 20.5. The Bertz CT molecular complexity index is 6900. The van der Waals surface area contributed by atoms with Crippen molar-refractivity contribution in [1.29, 1.82) is 0 Å². The molecule has 0 amide bonds. The molecule has 0 spiro atoms. The zero-order valence-electron chi connectivity index (χ0n) is 55.3. The predicted octanol–water partition coefficient (Wildman–Crippen LogP) is 25.2. The van der Waals surface area contributed by atoms with Gasteiger partial charge in [-0.15, -0.1) is 0 Å². The number of pyridine rings is 4. The van der Waals surface area contributed by atoms with E-state index < -0.39 is 0 Å². The minimum Gasteiger partial charge on any atom is -0.309 e. The Balaban J connectivity index is 0.000000137. The summed E-state index contributed by atoms with van der Waals surface area (Å²) in [4.78, 5) is 20.9. The molecule has 0 saturated heterocycles. The highest BCUT2D eigenvalue weighted by Gasteiger charge is 2.20. The lowest BCUT2D eigenvalue weighted by molar-refractivity contribution is 1.18. The van der Waals surface area contributed by atoms with Crippen molar-refractivity contribution < 1.29 is 0 Å². The van der Waals surface area contributed by atoms with E-state index in [9.17, 15) is 0 Å². The average Bonchev–Trinajstić information content (AvgIpc) is 1.04. The number of aromatic nitrogens is 6. The van der Waals surface area contributed by atoms with E-state index in [4.69, 9.17) is 19.9 Å². The predicted molar refractivity (Wildman–Crippen MR) is 428 cm³/mol. The number of para-hydroxylation sites is 6. The highest BCUT2D eigenvalue weighted by Crippen LogP contribution is 2.43. The molecule has 0 atom stereocenters. The van der Waals surface area contributed by atoms with Crippen LogP contribution >= 0.6 is 0 Å². The van der Waals surface area contributed by atoms with E-state index in [2.05, 4.69) is 373 Å². The van der Waals surface area contributed by atoms with Crippen LogP contribution in [0.4, 0.5) is 0 Å². The molecule has 0 radical (unpaired) electrons. The molecule has 6 heteroatoms. The largest absolute Gasteiger partial charge is 0.309 e. The Kier molecular flexibility index (Phi) is 13.8. The standard InChI is InChI=1S/C50H31N3.C46H29N3/c1-3-11-32(12-4-1)48-41-16-7-9-17-45(41)52-50-42(48)26-23-33-24-27-44(51-49(33)50)38-22-21-34-29-35(19-20-36(34)30-38)37-25-28-47-43(31-37)40-15-8-10-18-46(40)53(47)39-13-5-2-6-14-39;1-3-11-32(12-4-1)44-37-16-7-9-17-41(37)48-46-38(44)26-23-33-24-27-40(47-45(33)46)31-21-19-30(20-22-31)34-25-28-43-39(29-34)36-15-8-10-18-42(36)49(43)35-13-5-2-6-14-35/h1-31H;1-29H. The van der Waals surface area contributed by atoms with Crippen molar-refractivity contribution >= 4 is 120 Å². The summed E-state index contributed by atoms with van der Waals surface area (Å²) in [5.41, 5.74) is 26.4. The number of hydrogen-bond acceptors (Lipinski definition) is 4. The van der Waals surface area contributed by atoms with Crippen LogP contribution < -0.4 is 0 Å². The highest BCUT2D eigenvalue weighted by molar-refractivity contribution is 6.18. The smallest absolute Gasteiger partial charge is 0.0978 e. The molecule has 21 rings (SSSR count). The normalized spacial score (nSPS) is 11.7. The fourth-order valence-corrected chi connectivity index (χ4v) is 15.7. The van der Waals surface area contributed by atoms with Gasteiger partial charge >= 0.3 is 0 Å². The monoisotopic (exact) mass is 1300 g/mol. The molecule has 6 heterocycles. The Morgan fingerprint density at radius 2 is 0.520 bits per heavy atom. The van der Waals surface area contributed by atoms with Gasteiger partial charge in [-0.2, -0.15) is 0 Å². The van der Waals surface area contributed by atoms with Gasteiger partial charge in [-0.3, -0.25) is 0 Å². The van der Waals surface area contributed by atoms with Crippen LogP contribution in [0.15, 0.2) is 364 Å². The molecule has 0 N–H and O–H groups in total. The summed E-state index contributed by atoms with van der Waals surface area (Å²) in [6.45, 7) is 0. The lowest BCUT2D eigenvalue weighted by Crippen LogP contribution is -1.93. The Morgan fingerprint density at radius 1 is 0.176 bits per heavy atom. The summed E-state index contributed by atoms with van der Waals surface area (Å²) < 4.78 is 4.72. The van der Waals surface area contributed by atoms with Crippen LogP contribution in [0.1, 0.15) is 0 Å². The molecule has 0 fully saturated rings. The summed E-state index contributed by atoms with van der Waals surface area (Å²) in [5.74, 6) is 0. The maximum absolute atomic E-state index is 5.30. The van der Waals surface area contributed by atoms with Crippen molar-refractivity contribution in [3.8, 4) is 78.4 Å². The summed E-state index contributed by atoms with van der Waals surface area (Å²) in [6.07, 6.45) is 0. The van der Waals surface area contributed by atoms with Gasteiger partial charge in [0, 0.05) is 87.5 Å². The molecular formula is C96H60N6. The van der Waals surface area contributed by atoms with E-state index in [1.807, 2.05) is 0 Å². The number of benzene rings is 15. The maximum Gasteiger partial charge on any atom is 0.0978 e.